The van der Waals surface area contributed by atoms with Crippen molar-refractivity contribution in [3.63, 3.8) is 0 Å². The van der Waals surface area contributed by atoms with Gasteiger partial charge in [-0.05, 0) is 29.8 Å². The number of anilines is 1. The highest BCUT2D eigenvalue weighted by Gasteiger charge is 2.11. The summed E-state index contributed by atoms with van der Waals surface area (Å²) in [6.07, 6.45) is 8.89. The van der Waals surface area contributed by atoms with Crippen molar-refractivity contribution in [3.05, 3.63) is 73.6 Å². The second kappa shape index (κ2) is 5.92. The summed E-state index contributed by atoms with van der Waals surface area (Å²) >= 11 is 0. The summed E-state index contributed by atoms with van der Waals surface area (Å²) in [5, 5.41) is 0. The lowest BCUT2D eigenvalue weighted by molar-refractivity contribution is 1.06. The van der Waals surface area contributed by atoms with Crippen LogP contribution in [0.5, 0.6) is 0 Å². The molecule has 0 saturated heterocycles. The Morgan fingerprint density at radius 1 is 0.917 bits per heavy atom. The molecule has 4 rings (SSSR count). The van der Waals surface area contributed by atoms with Gasteiger partial charge in [-0.15, -0.1) is 0 Å². The molecule has 3 aromatic heterocycles. The number of imidazole rings is 1. The maximum atomic E-state index is 5.77. The smallest absolute Gasteiger partial charge is 0.220 e. The first-order chi connectivity index (χ1) is 11.8. The van der Waals surface area contributed by atoms with Crippen molar-refractivity contribution in [3.8, 4) is 28.2 Å². The second-order valence-electron chi connectivity index (χ2n) is 5.22. The molecule has 0 unspecified atom stereocenters. The molecule has 1 aromatic carbocycles. The number of hydrogen-bond donors (Lipinski definition) is 1. The summed E-state index contributed by atoms with van der Waals surface area (Å²) in [5.74, 6) is 0.231. The van der Waals surface area contributed by atoms with Crippen LogP contribution in [0.1, 0.15) is 0 Å². The summed E-state index contributed by atoms with van der Waals surface area (Å²) in [6, 6.07) is 13.8. The van der Waals surface area contributed by atoms with E-state index in [2.05, 4.69) is 19.9 Å². The van der Waals surface area contributed by atoms with Crippen LogP contribution in [0.25, 0.3) is 28.2 Å². The molecule has 4 aromatic rings. The fourth-order valence-corrected chi connectivity index (χ4v) is 2.53. The van der Waals surface area contributed by atoms with Gasteiger partial charge in [-0.1, -0.05) is 18.2 Å². The van der Waals surface area contributed by atoms with Crippen LogP contribution in [-0.4, -0.2) is 24.5 Å². The van der Waals surface area contributed by atoms with Gasteiger partial charge in [-0.3, -0.25) is 4.98 Å². The zero-order valence-electron chi connectivity index (χ0n) is 12.7. The first kappa shape index (κ1) is 14.1. The average Bonchev–Trinajstić information content (AvgIpc) is 3.17. The van der Waals surface area contributed by atoms with Gasteiger partial charge in [0.1, 0.15) is 5.69 Å². The van der Waals surface area contributed by atoms with Crippen molar-refractivity contribution in [1.29, 1.82) is 0 Å². The van der Waals surface area contributed by atoms with Gasteiger partial charge in [0, 0.05) is 36.0 Å². The molecule has 0 atom stereocenters. The van der Waals surface area contributed by atoms with Gasteiger partial charge in [-0.25, -0.2) is 15.0 Å². The standard InChI is InChI=1S/C18H14N6/c19-18-22-11-15(17(23-18)16-3-1-2-8-21-16)13-4-6-14(7-5-13)24-10-9-20-12-24/h1-12H,(H2,19,22,23). The van der Waals surface area contributed by atoms with Crippen LogP contribution in [-0.2, 0) is 0 Å². The zero-order valence-corrected chi connectivity index (χ0v) is 12.7. The van der Waals surface area contributed by atoms with Gasteiger partial charge in [0.15, 0.2) is 0 Å². The fourth-order valence-electron chi connectivity index (χ4n) is 2.53. The normalized spacial score (nSPS) is 10.7. The van der Waals surface area contributed by atoms with Crippen LogP contribution in [0.4, 0.5) is 5.95 Å². The largest absolute Gasteiger partial charge is 0.368 e. The summed E-state index contributed by atoms with van der Waals surface area (Å²) in [7, 11) is 0. The minimum Gasteiger partial charge on any atom is -0.368 e. The highest BCUT2D eigenvalue weighted by Crippen LogP contribution is 2.29. The number of nitrogens with two attached hydrogens (primary N) is 1. The van der Waals surface area contributed by atoms with E-state index >= 15 is 0 Å². The third kappa shape index (κ3) is 2.61. The van der Waals surface area contributed by atoms with Gasteiger partial charge in [0.2, 0.25) is 5.95 Å². The minimum atomic E-state index is 0.231. The molecule has 0 saturated carbocycles. The number of rotatable bonds is 3. The Kier molecular flexibility index (Phi) is 3.47. The maximum Gasteiger partial charge on any atom is 0.220 e. The van der Waals surface area contributed by atoms with E-state index in [1.807, 2.05) is 53.2 Å². The number of benzene rings is 1. The minimum absolute atomic E-state index is 0.231. The summed E-state index contributed by atoms with van der Waals surface area (Å²) in [4.78, 5) is 17.0. The van der Waals surface area contributed by atoms with Crippen LogP contribution < -0.4 is 5.73 Å². The van der Waals surface area contributed by atoms with E-state index in [4.69, 9.17) is 5.73 Å². The summed E-state index contributed by atoms with van der Waals surface area (Å²) in [6.45, 7) is 0. The molecule has 24 heavy (non-hydrogen) atoms. The highest BCUT2D eigenvalue weighted by molar-refractivity contribution is 5.79. The van der Waals surface area contributed by atoms with Crippen molar-refractivity contribution in [1.82, 2.24) is 24.5 Å². The fraction of sp³-hybridized carbons (Fsp3) is 0. The molecule has 116 valence electrons. The maximum absolute atomic E-state index is 5.77. The summed E-state index contributed by atoms with van der Waals surface area (Å²) in [5.41, 5.74) is 10.2. The molecule has 6 heteroatoms. The molecular weight excluding hydrogens is 300 g/mol. The molecule has 2 N–H and O–H groups in total. The Bertz CT molecular complexity index is 947. The van der Waals surface area contributed by atoms with E-state index in [1.165, 1.54) is 0 Å². The molecule has 0 aliphatic heterocycles. The molecule has 3 heterocycles. The van der Waals surface area contributed by atoms with Crippen molar-refractivity contribution in [2.24, 2.45) is 0 Å². The van der Waals surface area contributed by atoms with E-state index < -0.39 is 0 Å². The number of aromatic nitrogens is 5. The van der Waals surface area contributed by atoms with Gasteiger partial charge in [0.05, 0.1) is 12.0 Å². The lowest BCUT2D eigenvalue weighted by atomic mass is 10.0. The van der Waals surface area contributed by atoms with Crippen molar-refractivity contribution in [2.45, 2.75) is 0 Å². The van der Waals surface area contributed by atoms with Crippen LogP contribution in [0.3, 0.4) is 0 Å². The van der Waals surface area contributed by atoms with E-state index in [1.54, 1.807) is 24.9 Å². The Morgan fingerprint density at radius 2 is 1.79 bits per heavy atom. The Hall–Kier alpha value is -3.54. The Morgan fingerprint density at radius 3 is 2.50 bits per heavy atom. The monoisotopic (exact) mass is 314 g/mol. The Labute approximate surface area is 138 Å². The molecule has 0 spiro atoms. The second-order valence-corrected chi connectivity index (χ2v) is 5.22. The number of pyridine rings is 1. The number of nitrogen functional groups attached to an aromatic ring is 1. The molecule has 0 aliphatic carbocycles. The van der Waals surface area contributed by atoms with Gasteiger partial charge < -0.3 is 10.3 Å². The lowest BCUT2D eigenvalue weighted by Crippen LogP contribution is -1.99. The van der Waals surface area contributed by atoms with Crippen LogP contribution in [0, 0.1) is 0 Å². The van der Waals surface area contributed by atoms with Crippen LogP contribution >= 0.6 is 0 Å². The van der Waals surface area contributed by atoms with Crippen LogP contribution in [0.15, 0.2) is 73.6 Å². The highest BCUT2D eigenvalue weighted by atomic mass is 15.0. The predicted molar refractivity (Wildman–Crippen MR) is 92.2 cm³/mol. The predicted octanol–water partition coefficient (Wildman–Crippen LogP) is 2.97. The summed E-state index contributed by atoms with van der Waals surface area (Å²) < 4.78 is 1.95. The van der Waals surface area contributed by atoms with E-state index in [0.717, 1.165) is 28.2 Å². The van der Waals surface area contributed by atoms with E-state index in [9.17, 15) is 0 Å². The first-order valence-electron chi connectivity index (χ1n) is 7.44. The van der Waals surface area contributed by atoms with E-state index in [0.29, 0.717) is 0 Å². The molecule has 0 aliphatic rings. The molecule has 0 amide bonds. The zero-order chi connectivity index (χ0) is 16.4. The number of nitrogens with zero attached hydrogens (tertiary/aromatic N) is 5. The SMILES string of the molecule is Nc1ncc(-c2ccc(-n3ccnc3)cc2)c(-c2ccccn2)n1. The van der Waals surface area contributed by atoms with Crippen LogP contribution in [0.2, 0.25) is 0 Å². The third-order valence-electron chi connectivity index (χ3n) is 3.70. The quantitative estimate of drug-likeness (QED) is 0.628. The lowest BCUT2D eigenvalue weighted by Gasteiger charge is -2.10. The van der Waals surface area contributed by atoms with Crippen molar-refractivity contribution in [2.75, 3.05) is 5.73 Å². The molecule has 6 nitrogen and oxygen atoms in total. The number of hydrogen-bond acceptors (Lipinski definition) is 5. The van der Waals surface area contributed by atoms with E-state index in [-0.39, 0.29) is 5.95 Å². The third-order valence-corrected chi connectivity index (χ3v) is 3.70. The van der Waals surface area contributed by atoms with Crippen molar-refractivity contribution < 1.29 is 0 Å². The van der Waals surface area contributed by atoms with Crippen molar-refractivity contribution >= 4 is 5.95 Å². The Balaban J connectivity index is 1.79. The average molecular weight is 314 g/mol. The molecule has 0 bridgehead atoms. The molecular formula is C18H14N6. The molecule has 0 fully saturated rings. The molecule has 0 radical (unpaired) electrons. The van der Waals surface area contributed by atoms with Gasteiger partial charge in [0.25, 0.3) is 0 Å². The van der Waals surface area contributed by atoms with Gasteiger partial charge in [-0.2, -0.15) is 0 Å². The first-order valence-corrected chi connectivity index (χ1v) is 7.44. The van der Waals surface area contributed by atoms with Gasteiger partial charge >= 0.3 is 0 Å². The topological polar surface area (TPSA) is 82.5 Å².